The van der Waals surface area contributed by atoms with Crippen LogP contribution < -0.4 is 10.2 Å². The molecular formula is C21H20N2O. The zero-order valence-corrected chi connectivity index (χ0v) is 13.4. The minimum atomic E-state index is 0.563. The van der Waals surface area contributed by atoms with Crippen LogP contribution in [0.2, 0.25) is 0 Å². The van der Waals surface area contributed by atoms with Crippen molar-refractivity contribution in [2.45, 2.75) is 13.2 Å². The van der Waals surface area contributed by atoms with Crippen LogP contribution in [0.4, 0.5) is 0 Å². The van der Waals surface area contributed by atoms with Crippen LogP contribution in [-0.4, -0.2) is 6.21 Å². The van der Waals surface area contributed by atoms with Crippen molar-refractivity contribution in [2.24, 2.45) is 5.10 Å². The summed E-state index contributed by atoms with van der Waals surface area (Å²) in [7, 11) is 0. The Bertz CT molecular complexity index is 770. The Hall–Kier alpha value is -3.07. The smallest absolute Gasteiger partial charge is 0.120 e. The van der Waals surface area contributed by atoms with Gasteiger partial charge in [0.15, 0.2) is 0 Å². The molecule has 0 aromatic heterocycles. The lowest BCUT2D eigenvalue weighted by Crippen LogP contribution is -2.05. The zero-order chi connectivity index (χ0) is 16.5. The van der Waals surface area contributed by atoms with Crippen molar-refractivity contribution in [1.29, 1.82) is 0 Å². The van der Waals surface area contributed by atoms with Gasteiger partial charge in [0.2, 0.25) is 0 Å². The Morgan fingerprint density at radius 2 is 1.50 bits per heavy atom. The Labute approximate surface area is 142 Å². The molecule has 0 atom stereocenters. The van der Waals surface area contributed by atoms with Crippen molar-refractivity contribution in [3.8, 4) is 5.75 Å². The van der Waals surface area contributed by atoms with E-state index in [1.54, 1.807) is 6.21 Å². The fourth-order valence-corrected chi connectivity index (χ4v) is 2.28. The highest BCUT2D eigenvalue weighted by Gasteiger charge is 1.97. The van der Waals surface area contributed by atoms with E-state index in [0.29, 0.717) is 13.2 Å². The second-order valence-electron chi connectivity index (χ2n) is 5.43. The van der Waals surface area contributed by atoms with E-state index in [1.807, 2.05) is 60.7 Å². The normalized spacial score (nSPS) is 10.7. The van der Waals surface area contributed by atoms with Crippen molar-refractivity contribution in [3.63, 3.8) is 0 Å². The summed E-state index contributed by atoms with van der Waals surface area (Å²) in [4.78, 5) is 0. The Morgan fingerprint density at radius 3 is 2.25 bits per heavy atom. The maximum atomic E-state index is 5.83. The quantitative estimate of drug-likeness (QED) is 0.518. The van der Waals surface area contributed by atoms with E-state index in [-0.39, 0.29) is 0 Å². The fourth-order valence-electron chi connectivity index (χ4n) is 2.28. The van der Waals surface area contributed by atoms with Crippen LogP contribution in [0.15, 0.2) is 90.0 Å². The van der Waals surface area contributed by atoms with Crippen LogP contribution in [0, 0.1) is 0 Å². The molecule has 120 valence electrons. The highest BCUT2D eigenvalue weighted by molar-refractivity contribution is 5.79. The summed E-state index contributed by atoms with van der Waals surface area (Å²) in [6, 6.07) is 28.2. The maximum Gasteiger partial charge on any atom is 0.120 e. The summed E-state index contributed by atoms with van der Waals surface area (Å²) in [6.07, 6.45) is 1.80. The summed E-state index contributed by atoms with van der Waals surface area (Å²) < 4.78 is 5.83. The van der Waals surface area contributed by atoms with Gasteiger partial charge >= 0.3 is 0 Å². The van der Waals surface area contributed by atoms with Gasteiger partial charge < -0.3 is 10.2 Å². The highest BCUT2D eigenvalue weighted by atomic mass is 16.5. The molecule has 0 radical (unpaired) electrons. The molecule has 0 aliphatic heterocycles. The lowest BCUT2D eigenvalue weighted by atomic mass is 10.2. The summed E-state index contributed by atoms with van der Waals surface area (Å²) in [5.41, 5.74) is 6.41. The molecule has 0 heterocycles. The second-order valence-corrected chi connectivity index (χ2v) is 5.43. The lowest BCUT2D eigenvalue weighted by Gasteiger charge is -2.06. The van der Waals surface area contributed by atoms with Crippen molar-refractivity contribution < 1.29 is 4.74 Å². The van der Waals surface area contributed by atoms with Gasteiger partial charge in [-0.25, -0.2) is 0 Å². The van der Waals surface area contributed by atoms with Gasteiger partial charge in [0.1, 0.15) is 12.4 Å². The molecule has 0 unspecified atom stereocenters. The van der Waals surface area contributed by atoms with E-state index in [4.69, 9.17) is 4.74 Å². The van der Waals surface area contributed by atoms with E-state index in [2.05, 4.69) is 34.8 Å². The number of ether oxygens (including phenoxy) is 1. The van der Waals surface area contributed by atoms with E-state index in [1.165, 1.54) is 5.56 Å². The standard InChI is InChI=1S/C21H20N2O/c1-3-8-18(9-4-1)15-22-23-16-20-12-7-13-21(14-20)24-17-19-10-5-2-6-11-19/h1-14,16,22H,15,17H2. The zero-order valence-electron chi connectivity index (χ0n) is 13.4. The fraction of sp³-hybridized carbons (Fsp3) is 0.0952. The largest absolute Gasteiger partial charge is 0.489 e. The Kier molecular flexibility index (Phi) is 5.62. The van der Waals surface area contributed by atoms with Gasteiger partial charge in [-0.15, -0.1) is 0 Å². The number of hydrogen-bond donors (Lipinski definition) is 1. The molecule has 0 saturated carbocycles. The van der Waals surface area contributed by atoms with Gasteiger partial charge in [0, 0.05) is 0 Å². The van der Waals surface area contributed by atoms with Crippen molar-refractivity contribution in [3.05, 3.63) is 102 Å². The van der Waals surface area contributed by atoms with Crippen molar-refractivity contribution >= 4 is 6.21 Å². The summed E-state index contributed by atoms with van der Waals surface area (Å²) in [6.45, 7) is 1.27. The van der Waals surface area contributed by atoms with Crippen LogP contribution >= 0.6 is 0 Å². The molecule has 0 aliphatic carbocycles. The average molecular weight is 316 g/mol. The van der Waals surface area contributed by atoms with Gasteiger partial charge in [-0.2, -0.15) is 5.10 Å². The molecule has 3 rings (SSSR count). The molecule has 0 spiro atoms. The summed E-state index contributed by atoms with van der Waals surface area (Å²) >= 11 is 0. The van der Waals surface area contributed by atoms with Crippen LogP contribution in [0.25, 0.3) is 0 Å². The van der Waals surface area contributed by atoms with E-state index >= 15 is 0 Å². The maximum absolute atomic E-state index is 5.83. The first kappa shape index (κ1) is 15.8. The van der Waals surface area contributed by atoms with Crippen LogP contribution in [0.5, 0.6) is 5.75 Å². The topological polar surface area (TPSA) is 33.6 Å². The molecule has 0 amide bonds. The number of benzene rings is 3. The number of nitrogens with zero attached hydrogens (tertiary/aromatic N) is 1. The minimum Gasteiger partial charge on any atom is -0.489 e. The van der Waals surface area contributed by atoms with Crippen molar-refractivity contribution in [2.75, 3.05) is 0 Å². The third-order valence-corrected chi connectivity index (χ3v) is 3.54. The minimum absolute atomic E-state index is 0.563. The molecule has 1 N–H and O–H groups in total. The molecule has 3 aromatic carbocycles. The molecule has 24 heavy (non-hydrogen) atoms. The third-order valence-electron chi connectivity index (χ3n) is 3.54. The Balaban J connectivity index is 1.52. The second kappa shape index (κ2) is 8.53. The van der Waals surface area contributed by atoms with Crippen LogP contribution in [-0.2, 0) is 13.2 Å². The monoisotopic (exact) mass is 316 g/mol. The van der Waals surface area contributed by atoms with Gasteiger partial charge in [0.25, 0.3) is 0 Å². The summed E-state index contributed by atoms with van der Waals surface area (Å²) in [5, 5.41) is 4.27. The van der Waals surface area contributed by atoms with Crippen LogP contribution in [0.3, 0.4) is 0 Å². The molecule has 0 saturated heterocycles. The van der Waals surface area contributed by atoms with E-state index in [0.717, 1.165) is 16.9 Å². The number of hydrogen-bond acceptors (Lipinski definition) is 3. The molecule has 0 aliphatic rings. The van der Waals surface area contributed by atoms with Crippen molar-refractivity contribution in [1.82, 2.24) is 5.43 Å². The van der Waals surface area contributed by atoms with Crippen LogP contribution in [0.1, 0.15) is 16.7 Å². The first-order chi connectivity index (χ1) is 11.9. The molecular weight excluding hydrogens is 296 g/mol. The first-order valence-electron chi connectivity index (χ1n) is 7.97. The molecule has 3 aromatic rings. The number of rotatable bonds is 7. The SMILES string of the molecule is C(=NNCc1ccccc1)c1cccc(OCc2ccccc2)c1. The molecule has 0 bridgehead atoms. The predicted molar refractivity (Wildman–Crippen MR) is 98.1 cm³/mol. The lowest BCUT2D eigenvalue weighted by molar-refractivity contribution is 0.306. The highest BCUT2D eigenvalue weighted by Crippen LogP contribution is 2.14. The third kappa shape index (κ3) is 4.99. The molecule has 0 fully saturated rings. The van der Waals surface area contributed by atoms with Gasteiger partial charge in [-0.05, 0) is 28.8 Å². The van der Waals surface area contributed by atoms with Gasteiger partial charge in [-0.1, -0.05) is 72.8 Å². The Morgan fingerprint density at radius 1 is 0.792 bits per heavy atom. The predicted octanol–water partition coefficient (Wildman–Crippen LogP) is 4.39. The van der Waals surface area contributed by atoms with E-state index in [9.17, 15) is 0 Å². The molecule has 3 nitrogen and oxygen atoms in total. The van der Waals surface area contributed by atoms with E-state index < -0.39 is 0 Å². The van der Waals surface area contributed by atoms with Gasteiger partial charge in [-0.3, -0.25) is 0 Å². The average Bonchev–Trinajstić information content (AvgIpc) is 2.66. The van der Waals surface area contributed by atoms with Gasteiger partial charge in [0.05, 0.1) is 12.8 Å². The molecule has 3 heteroatoms. The first-order valence-corrected chi connectivity index (χ1v) is 7.97. The number of hydrazone groups is 1. The summed E-state index contributed by atoms with van der Waals surface area (Å²) in [5.74, 6) is 0.839. The number of nitrogens with one attached hydrogen (secondary N) is 1.